The van der Waals surface area contributed by atoms with E-state index < -0.39 is 0 Å². The number of hydrogen-bond donors (Lipinski definition) is 1. The number of nitrogens with one attached hydrogen (secondary N) is 1. The van der Waals surface area contributed by atoms with Crippen molar-refractivity contribution >= 4 is 34.9 Å². The van der Waals surface area contributed by atoms with Gasteiger partial charge in [0.2, 0.25) is 0 Å². The molecule has 0 aliphatic heterocycles. The van der Waals surface area contributed by atoms with E-state index in [0.717, 1.165) is 0 Å². The first kappa shape index (κ1) is 18.6. The van der Waals surface area contributed by atoms with Gasteiger partial charge in [0.1, 0.15) is 5.69 Å². The normalized spacial score (nSPS) is 11.5. The number of rotatable bonds is 5. The number of aromatic amines is 1. The lowest BCUT2D eigenvalue weighted by Gasteiger charge is -1.99. The monoisotopic (exact) mass is 401 g/mol. The zero-order chi connectivity index (χ0) is 20.1. The van der Waals surface area contributed by atoms with Gasteiger partial charge in [0, 0.05) is 5.02 Å². The van der Waals surface area contributed by atoms with Gasteiger partial charge >= 0.3 is 0 Å². The molecule has 0 radical (unpaired) electrons. The number of nitrogens with zero attached hydrogens (tertiary/aromatic N) is 4. The number of para-hydroxylation sites is 1. The summed E-state index contributed by atoms with van der Waals surface area (Å²) < 4.78 is 1.42. The van der Waals surface area contributed by atoms with E-state index in [0.29, 0.717) is 27.8 Å². The second-order valence-electron chi connectivity index (χ2n) is 6.12. The molecule has 1 heterocycles. The van der Waals surface area contributed by atoms with Gasteiger partial charge in [0.25, 0.3) is 5.56 Å². The van der Waals surface area contributed by atoms with E-state index in [-0.39, 0.29) is 11.2 Å². The minimum Gasteiger partial charge on any atom is -0.287 e. The molecule has 1 N–H and O–H groups in total. The Morgan fingerprint density at radius 3 is 2.14 bits per heavy atom. The second-order valence-corrected chi connectivity index (χ2v) is 6.56. The molecule has 0 atom stereocenters. The van der Waals surface area contributed by atoms with Crippen LogP contribution in [0.2, 0.25) is 5.02 Å². The van der Waals surface area contributed by atoms with Crippen molar-refractivity contribution in [1.82, 2.24) is 9.78 Å². The first-order chi connectivity index (χ1) is 14.2. The fourth-order valence-corrected chi connectivity index (χ4v) is 2.79. The number of halogens is 1. The van der Waals surface area contributed by atoms with E-state index in [1.54, 1.807) is 30.5 Å². The Kier molecular flexibility index (Phi) is 5.45. The number of azo groups is 1. The molecule has 29 heavy (non-hydrogen) atoms. The molecule has 0 unspecified atom stereocenters. The van der Waals surface area contributed by atoms with Crippen molar-refractivity contribution in [2.45, 2.75) is 0 Å². The molecule has 0 aliphatic rings. The summed E-state index contributed by atoms with van der Waals surface area (Å²) in [5.41, 5.74) is 2.37. The lowest BCUT2D eigenvalue weighted by Crippen LogP contribution is -2.13. The molecule has 0 bridgehead atoms. The van der Waals surface area contributed by atoms with Crippen molar-refractivity contribution in [3.05, 3.63) is 106 Å². The van der Waals surface area contributed by atoms with E-state index >= 15 is 0 Å². The Balaban J connectivity index is 1.76. The van der Waals surface area contributed by atoms with E-state index in [1.807, 2.05) is 60.7 Å². The average molecular weight is 402 g/mol. The zero-order valence-corrected chi connectivity index (χ0v) is 16.0. The van der Waals surface area contributed by atoms with Crippen molar-refractivity contribution in [2.24, 2.45) is 15.2 Å². The van der Waals surface area contributed by atoms with Crippen LogP contribution < -0.4 is 5.56 Å². The molecule has 0 saturated heterocycles. The van der Waals surface area contributed by atoms with E-state index in [1.165, 1.54) is 4.68 Å². The second kappa shape index (κ2) is 8.50. The highest BCUT2D eigenvalue weighted by molar-refractivity contribution is 6.30. The average Bonchev–Trinajstić information content (AvgIpc) is 3.08. The van der Waals surface area contributed by atoms with Crippen molar-refractivity contribution in [2.75, 3.05) is 0 Å². The molecule has 4 rings (SSSR count). The molecule has 4 aromatic rings. The smallest absolute Gasteiger partial charge is 0.287 e. The van der Waals surface area contributed by atoms with Gasteiger partial charge in [-0.2, -0.15) is 5.11 Å². The van der Waals surface area contributed by atoms with Crippen molar-refractivity contribution < 1.29 is 0 Å². The summed E-state index contributed by atoms with van der Waals surface area (Å²) in [7, 11) is 0. The molecule has 0 amide bonds. The first-order valence-electron chi connectivity index (χ1n) is 8.87. The van der Waals surface area contributed by atoms with Crippen LogP contribution >= 0.6 is 11.6 Å². The van der Waals surface area contributed by atoms with Gasteiger partial charge in [-0.25, -0.2) is 4.68 Å². The first-order valence-corrected chi connectivity index (χ1v) is 9.25. The number of aromatic nitrogens is 2. The van der Waals surface area contributed by atoms with E-state index in [9.17, 15) is 4.79 Å². The van der Waals surface area contributed by atoms with Crippen molar-refractivity contribution in [3.8, 4) is 5.69 Å². The third-order valence-electron chi connectivity index (χ3n) is 4.10. The summed E-state index contributed by atoms with van der Waals surface area (Å²) in [5, 5.41) is 12.1. The topological polar surface area (TPSA) is 74.9 Å². The van der Waals surface area contributed by atoms with E-state index in [4.69, 9.17) is 11.6 Å². The van der Waals surface area contributed by atoms with Crippen LogP contribution in [-0.4, -0.2) is 16.0 Å². The lowest BCUT2D eigenvalue weighted by atomic mass is 10.3. The molecule has 0 fully saturated rings. The van der Waals surface area contributed by atoms with Gasteiger partial charge in [-0.05, 0) is 48.5 Å². The highest BCUT2D eigenvalue weighted by Gasteiger charge is 2.14. The summed E-state index contributed by atoms with van der Waals surface area (Å²) in [6.07, 6.45) is 1.56. The highest BCUT2D eigenvalue weighted by Crippen LogP contribution is 2.20. The Hall–Kier alpha value is -3.77. The molecule has 3 aromatic carbocycles. The number of benzene rings is 3. The van der Waals surface area contributed by atoms with Crippen LogP contribution in [0, 0.1) is 0 Å². The van der Waals surface area contributed by atoms with Gasteiger partial charge in [-0.15, -0.1) is 5.11 Å². The number of H-pyrrole nitrogens is 1. The number of aliphatic imine (C=N–C) groups is 1. The Labute approximate surface area is 171 Å². The fraction of sp³-hybridized carbons (Fsp3) is 0. The molecule has 7 heteroatoms. The molecular formula is C22H16ClN5O. The SMILES string of the molecule is O=c1c(N=Nc2ccccc2)c(C=Nc2ccc(Cl)cc2)[nH]n1-c1ccccc1. The zero-order valence-electron chi connectivity index (χ0n) is 15.2. The maximum Gasteiger partial charge on any atom is 0.299 e. The maximum atomic E-state index is 13.0. The van der Waals surface area contributed by atoms with Crippen LogP contribution in [0.4, 0.5) is 17.1 Å². The van der Waals surface area contributed by atoms with Gasteiger partial charge in [-0.1, -0.05) is 48.0 Å². The van der Waals surface area contributed by atoms with Gasteiger partial charge in [0.15, 0.2) is 5.69 Å². The quantitative estimate of drug-likeness (QED) is 0.324. The van der Waals surface area contributed by atoms with Crippen LogP contribution in [0.15, 0.2) is 105 Å². The van der Waals surface area contributed by atoms with Crippen LogP contribution in [0.1, 0.15) is 5.69 Å². The fourth-order valence-electron chi connectivity index (χ4n) is 2.66. The summed E-state index contributed by atoms with van der Waals surface area (Å²) in [6.45, 7) is 0. The van der Waals surface area contributed by atoms with E-state index in [2.05, 4.69) is 20.3 Å². The molecule has 6 nitrogen and oxygen atoms in total. The summed E-state index contributed by atoms with van der Waals surface area (Å²) in [6, 6.07) is 25.6. The van der Waals surface area contributed by atoms with Crippen LogP contribution in [0.5, 0.6) is 0 Å². The molecule has 142 valence electrons. The van der Waals surface area contributed by atoms with Gasteiger partial charge in [-0.3, -0.25) is 14.9 Å². The van der Waals surface area contributed by atoms with Crippen molar-refractivity contribution in [3.63, 3.8) is 0 Å². The van der Waals surface area contributed by atoms with Crippen molar-refractivity contribution in [1.29, 1.82) is 0 Å². The molecule has 0 saturated carbocycles. The Morgan fingerprint density at radius 1 is 0.793 bits per heavy atom. The highest BCUT2D eigenvalue weighted by atomic mass is 35.5. The lowest BCUT2D eigenvalue weighted by molar-refractivity contribution is 0.846. The predicted octanol–water partition coefficient (Wildman–Crippen LogP) is 5.99. The number of hydrogen-bond acceptors (Lipinski definition) is 4. The minimum absolute atomic E-state index is 0.176. The van der Waals surface area contributed by atoms with Gasteiger partial charge < -0.3 is 0 Å². The molecule has 0 aliphatic carbocycles. The summed E-state index contributed by atoms with van der Waals surface area (Å²) >= 11 is 5.92. The minimum atomic E-state index is -0.312. The maximum absolute atomic E-state index is 13.0. The largest absolute Gasteiger partial charge is 0.299 e. The molecular weight excluding hydrogens is 386 g/mol. The summed E-state index contributed by atoms with van der Waals surface area (Å²) in [4.78, 5) is 17.4. The predicted molar refractivity (Wildman–Crippen MR) is 116 cm³/mol. The van der Waals surface area contributed by atoms with Gasteiger partial charge in [0.05, 0.1) is 23.3 Å². The molecule has 1 aromatic heterocycles. The Bertz CT molecular complexity index is 1210. The molecule has 0 spiro atoms. The Morgan fingerprint density at radius 2 is 1.45 bits per heavy atom. The third kappa shape index (κ3) is 4.39. The van der Waals surface area contributed by atoms with Crippen LogP contribution in [-0.2, 0) is 0 Å². The van der Waals surface area contributed by atoms with Crippen LogP contribution in [0.25, 0.3) is 5.69 Å². The third-order valence-corrected chi connectivity index (χ3v) is 4.35. The standard InChI is InChI=1S/C22H16ClN5O/c23-16-11-13-17(14-12-16)24-15-20-21(26-25-18-7-3-1-4-8-18)22(29)28(27-20)19-9-5-2-6-10-19/h1-15,27H. The summed E-state index contributed by atoms with van der Waals surface area (Å²) in [5.74, 6) is 0. The van der Waals surface area contributed by atoms with Crippen LogP contribution in [0.3, 0.4) is 0 Å².